The molecule has 1 saturated heterocycles. The van der Waals surface area contributed by atoms with E-state index in [1.807, 2.05) is 0 Å². The highest BCUT2D eigenvalue weighted by Crippen LogP contribution is 2.30. The Morgan fingerprint density at radius 3 is 2.84 bits per heavy atom. The summed E-state index contributed by atoms with van der Waals surface area (Å²) in [4.78, 5) is 24.8. The Balaban J connectivity index is 2.32. The van der Waals surface area contributed by atoms with E-state index in [1.54, 1.807) is 6.92 Å². The molecule has 1 unspecified atom stereocenters. The van der Waals surface area contributed by atoms with E-state index in [4.69, 9.17) is 14.2 Å². The van der Waals surface area contributed by atoms with Crippen LogP contribution >= 0.6 is 0 Å². The van der Waals surface area contributed by atoms with Gasteiger partial charge in [-0.05, 0) is 6.92 Å². The fourth-order valence-electron chi connectivity index (χ4n) is 2.03. The number of aromatic amines is 1. The molecule has 8 heteroatoms. The minimum atomic E-state index is -1.02. The molecule has 0 aromatic carbocycles. The van der Waals surface area contributed by atoms with Gasteiger partial charge >= 0.3 is 5.69 Å². The SMILES string of the molecule is CCO[C@H]1O[C@@H](n2ccc(=O)[nH]c2=O)C(OC)[C@H]1O. The van der Waals surface area contributed by atoms with Crippen molar-refractivity contribution < 1.29 is 19.3 Å². The van der Waals surface area contributed by atoms with Crippen molar-refractivity contribution in [1.29, 1.82) is 0 Å². The van der Waals surface area contributed by atoms with E-state index < -0.39 is 36.0 Å². The zero-order chi connectivity index (χ0) is 14.0. The first-order chi connectivity index (χ1) is 9.08. The third-order valence-corrected chi connectivity index (χ3v) is 2.90. The standard InChI is InChI=1S/C11H16N2O6/c1-3-18-10-7(15)8(17-2)9(19-10)13-5-4-6(14)12-11(13)16/h4-5,7-10,15H,3H2,1-2H3,(H,12,14,16)/t7-,8?,9-,10+/m1/s1. The van der Waals surface area contributed by atoms with Gasteiger partial charge in [0.2, 0.25) is 0 Å². The average Bonchev–Trinajstić information content (AvgIpc) is 2.67. The van der Waals surface area contributed by atoms with Crippen LogP contribution in [0.2, 0.25) is 0 Å². The molecule has 0 amide bonds. The molecule has 0 saturated carbocycles. The third-order valence-electron chi connectivity index (χ3n) is 2.90. The van der Waals surface area contributed by atoms with Crippen LogP contribution < -0.4 is 11.2 Å². The van der Waals surface area contributed by atoms with Crippen LogP contribution in [0.15, 0.2) is 21.9 Å². The number of aliphatic hydroxyl groups is 1. The number of rotatable bonds is 4. The van der Waals surface area contributed by atoms with Crippen LogP contribution in [0, 0.1) is 0 Å². The lowest BCUT2D eigenvalue weighted by Crippen LogP contribution is -2.38. The highest BCUT2D eigenvalue weighted by atomic mass is 16.7. The Kier molecular flexibility index (Phi) is 4.15. The molecule has 2 heterocycles. The number of hydrogen-bond donors (Lipinski definition) is 2. The molecule has 2 rings (SSSR count). The summed E-state index contributed by atoms with van der Waals surface area (Å²) in [6, 6.07) is 1.19. The fraction of sp³-hybridized carbons (Fsp3) is 0.636. The molecule has 106 valence electrons. The maximum Gasteiger partial charge on any atom is 0.330 e. The van der Waals surface area contributed by atoms with Crippen molar-refractivity contribution in [2.45, 2.75) is 31.6 Å². The van der Waals surface area contributed by atoms with Crippen LogP contribution in [0.5, 0.6) is 0 Å². The normalized spacial score (nSPS) is 30.7. The molecule has 0 radical (unpaired) electrons. The lowest BCUT2D eigenvalue weighted by atomic mass is 10.2. The monoisotopic (exact) mass is 272 g/mol. The van der Waals surface area contributed by atoms with Gasteiger partial charge in [-0.1, -0.05) is 0 Å². The highest BCUT2D eigenvalue weighted by Gasteiger charge is 2.46. The summed E-state index contributed by atoms with van der Waals surface area (Å²) in [5.41, 5.74) is -1.14. The van der Waals surface area contributed by atoms with Gasteiger partial charge in [-0.25, -0.2) is 4.79 Å². The van der Waals surface area contributed by atoms with Crippen molar-refractivity contribution in [3.63, 3.8) is 0 Å². The van der Waals surface area contributed by atoms with Gasteiger partial charge in [-0.15, -0.1) is 0 Å². The largest absolute Gasteiger partial charge is 0.385 e. The quantitative estimate of drug-likeness (QED) is 0.714. The predicted octanol–water partition coefficient (Wildman–Crippen LogP) is -1.20. The molecule has 19 heavy (non-hydrogen) atoms. The minimum Gasteiger partial charge on any atom is -0.385 e. The summed E-state index contributed by atoms with van der Waals surface area (Å²) in [7, 11) is 1.40. The van der Waals surface area contributed by atoms with E-state index >= 15 is 0 Å². The zero-order valence-corrected chi connectivity index (χ0v) is 10.6. The fourth-order valence-corrected chi connectivity index (χ4v) is 2.03. The highest BCUT2D eigenvalue weighted by molar-refractivity contribution is 4.91. The maximum atomic E-state index is 11.7. The zero-order valence-electron chi connectivity index (χ0n) is 10.6. The van der Waals surface area contributed by atoms with Crippen LogP contribution in [0.1, 0.15) is 13.2 Å². The van der Waals surface area contributed by atoms with Crippen molar-refractivity contribution in [3.05, 3.63) is 33.1 Å². The molecule has 0 bridgehead atoms. The van der Waals surface area contributed by atoms with E-state index in [1.165, 1.54) is 19.4 Å². The molecular weight excluding hydrogens is 256 g/mol. The molecule has 1 fully saturated rings. The molecule has 8 nitrogen and oxygen atoms in total. The Hall–Kier alpha value is -1.48. The van der Waals surface area contributed by atoms with Gasteiger partial charge in [0, 0.05) is 26.0 Å². The van der Waals surface area contributed by atoms with E-state index in [-0.39, 0.29) is 0 Å². The number of aliphatic hydroxyl groups excluding tert-OH is 1. The molecule has 0 spiro atoms. The van der Waals surface area contributed by atoms with E-state index in [0.717, 1.165) is 4.57 Å². The van der Waals surface area contributed by atoms with Crippen LogP contribution in [0.3, 0.4) is 0 Å². The number of nitrogens with one attached hydrogen (secondary N) is 1. The van der Waals surface area contributed by atoms with Gasteiger partial charge in [-0.2, -0.15) is 0 Å². The first kappa shape index (κ1) is 13.9. The van der Waals surface area contributed by atoms with Crippen LogP contribution in [-0.2, 0) is 14.2 Å². The van der Waals surface area contributed by atoms with Gasteiger partial charge in [0.05, 0.1) is 0 Å². The summed E-state index contributed by atoms with van der Waals surface area (Å²) in [5.74, 6) is 0. The smallest absolute Gasteiger partial charge is 0.330 e. The van der Waals surface area contributed by atoms with Crippen molar-refractivity contribution in [3.8, 4) is 0 Å². The van der Waals surface area contributed by atoms with Gasteiger partial charge in [0.15, 0.2) is 12.5 Å². The number of methoxy groups -OCH3 is 1. The van der Waals surface area contributed by atoms with Crippen molar-refractivity contribution in [2.24, 2.45) is 0 Å². The van der Waals surface area contributed by atoms with Crippen LogP contribution in [0.4, 0.5) is 0 Å². The van der Waals surface area contributed by atoms with Crippen molar-refractivity contribution in [1.82, 2.24) is 9.55 Å². The van der Waals surface area contributed by atoms with E-state index in [0.29, 0.717) is 6.61 Å². The van der Waals surface area contributed by atoms with Gasteiger partial charge in [-0.3, -0.25) is 14.3 Å². The van der Waals surface area contributed by atoms with Gasteiger partial charge in [0.25, 0.3) is 5.56 Å². The minimum absolute atomic E-state index is 0.353. The predicted molar refractivity (Wildman–Crippen MR) is 63.7 cm³/mol. The van der Waals surface area contributed by atoms with Gasteiger partial charge < -0.3 is 19.3 Å². The van der Waals surface area contributed by atoms with E-state index in [9.17, 15) is 14.7 Å². The molecule has 1 aliphatic heterocycles. The molecule has 4 atom stereocenters. The second-order valence-corrected chi connectivity index (χ2v) is 4.06. The van der Waals surface area contributed by atoms with E-state index in [2.05, 4.69) is 4.98 Å². The topological polar surface area (TPSA) is 103 Å². The first-order valence-electron chi connectivity index (χ1n) is 5.88. The lowest BCUT2D eigenvalue weighted by Gasteiger charge is -2.19. The van der Waals surface area contributed by atoms with Gasteiger partial charge in [0.1, 0.15) is 12.2 Å². The Morgan fingerprint density at radius 2 is 2.26 bits per heavy atom. The summed E-state index contributed by atoms with van der Waals surface area (Å²) in [5, 5.41) is 9.99. The molecule has 2 N–H and O–H groups in total. The summed E-state index contributed by atoms with van der Waals surface area (Å²) >= 11 is 0. The Labute approximate surface area is 108 Å². The second-order valence-electron chi connectivity index (χ2n) is 4.06. The number of nitrogens with zero attached hydrogens (tertiary/aromatic N) is 1. The molecule has 0 aliphatic carbocycles. The molecular formula is C11H16N2O6. The lowest BCUT2D eigenvalue weighted by molar-refractivity contribution is -0.174. The maximum absolute atomic E-state index is 11.7. The summed E-state index contributed by atoms with van der Waals surface area (Å²) < 4.78 is 17.0. The average molecular weight is 272 g/mol. The number of hydrogen-bond acceptors (Lipinski definition) is 6. The van der Waals surface area contributed by atoms with Crippen molar-refractivity contribution >= 4 is 0 Å². The van der Waals surface area contributed by atoms with Crippen LogP contribution in [0.25, 0.3) is 0 Å². The first-order valence-corrected chi connectivity index (χ1v) is 5.88. The molecule has 1 aromatic heterocycles. The molecule has 1 aliphatic rings. The van der Waals surface area contributed by atoms with Crippen LogP contribution in [-0.4, -0.2) is 46.9 Å². The Bertz CT molecular complexity index is 538. The van der Waals surface area contributed by atoms with Crippen molar-refractivity contribution in [2.75, 3.05) is 13.7 Å². The number of H-pyrrole nitrogens is 1. The summed E-state index contributed by atoms with van der Waals surface area (Å²) in [6.07, 6.45) is -2.23. The second kappa shape index (κ2) is 5.66. The number of aromatic nitrogens is 2. The molecule has 1 aromatic rings. The summed E-state index contributed by atoms with van der Waals surface area (Å²) in [6.45, 7) is 2.11. The number of ether oxygens (including phenoxy) is 3. The third kappa shape index (κ3) is 2.61. The Morgan fingerprint density at radius 1 is 1.53 bits per heavy atom.